The van der Waals surface area contributed by atoms with Gasteiger partial charge in [-0.2, -0.15) is 0 Å². The first-order chi connectivity index (χ1) is 9.88. The topological polar surface area (TPSA) is 89.5 Å². The molecule has 2 N–H and O–H groups in total. The first kappa shape index (κ1) is 15.7. The number of carbonyl (C=O) groups is 1. The Kier molecular flexibility index (Phi) is 4.80. The van der Waals surface area contributed by atoms with Gasteiger partial charge in [-0.05, 0) is 31.7 Å². The third kappa shape index (κ3) is 3.71. The van der Waals surface area contributed by atoms with E-state index in [1.807, 2.05) is 6.92 Å². The summed E-state index contributed by atoms with van der Waals surface area (Å²) in [6.07, 6.45) is 1.89. The maximum atomic E-state index is 12.5. The van der Waals surface area contributed by atoms with Gasteiger partial charge in [-0.3, -0.25) is 14.9 Å². The Morgan fingerprint density at radius 1 is 1.52 bits per heavy atom. The normalized spacial score (nSPS) is 20.1. The van der Waals surface area contributed by atoms with Crippen molar-refractivity contribution in [3.05, 3.63) is 38.9 Å². The largest absolute Gasteiger partial charge is 0.338 e. The number of rotatable bonds is 3. The lowest BCUT2D eigenvalue weighted by Crippen LogP contribution is -2.45. The number of likely N-dealkylation sites (tertiary alicyclic amines) is 1. The Morgan fingerprint density at radius 3 is 2.86 bits per heavy atom. The molecule has 1 saturated heterocycles. The summed E-state index contributed by atoms with van der Waals surface area (Å²) in [6, 6.07) is 3.99. The standard InChI is InChI=1S/C14H18ClN3O3/c1-9(16)10-3-2-4-17(8-10)14(19)11-5-12(15)7-13(6-11)18(20)21/h5-7,9-10H,2-4,8,16H2,1H3. The molecule has 114 valence electrons. The monoisotopic (exact) mass is 311 g/mol. The number of nitro groups is 1. The maximum absolute atomic E-state index is 12.5. The zero-order valence-electron chi connectivity index (χ0n) is 11.8. The second-order valence-corrected chi connectivity index (χ2v) is 5.90. The van der Waals surface area contributed by atoms with E-state index in [0.717, 1.165) is 12.8 Å². The highest BCUT2D eigenvalue weighted by Gasteiger charge is 2.27. The molecule has 2 atom stereocenters. The number of hydrogen-bond acceptors (Lipinski definition) is 4. The Labute approximate surface area is 128 Å². The van der Waals surface area contributed by atoms with E-state index in [9.17, 15) is 14.9 Å². The molecule has 7 heteroatoms. The van der Waals surface area contributed by atoms with Gasteiger partial charge >= 0.3 is 0 Å². The third-order valence-electron chi connectivity index (χ3n) is 3.83. The van der Waals surface area contributed by atoms with Gasteiger partial charge in [0.2, 0.25) is 0 Å². The predicted molar refractivity (Wildman–Crippen MR) is 80.4 cm³/mol. The van der Waals surface area contributed by atoms with E-state index >= 15 is 0 Å². The number of nitrogens with zero attached hydrogens (tertiary/aromatic N) is 2. The number of halogens is 1. The first-order valence-electron chi connectivity index (χ1n) is 6.88. The molecule has 1 amide bonds. The Hall–Kier alpha value is -1.66. The zero-order chi connectivity index (χ0) is 15.6. The van der Waals surface area contributed by atoms with E-state index in [0.29, 0.717) is 13.1 Å². The van der Waals surface area contributed by atoms with E-state index in [1.165, 1.54) is 18.2 Å². The number of benzene rings is 1. The smallest absolute Gasteiger partial charge is 0.271 e. The molecule has 0 radical (unpaired) electrons. The Balaban J connectivity index is 2.21. The van der Waals surface area contributed by atoms with E-state index in [2.05, 4.69) is 0 Å². The highest BCUT2D eigenvalue weighted by Crippen LogP contribution is 2.24. The number of nitro benzene ring substituents is 1. The third-order valence-corrected chi connectivity index (χ3v) is 4.05. The van der Waals surface area contributed by atoms with E-state index in [-0.39, 0.29) is 34.1 Å². The molecule has 1 heterocycles. The molecular formula is C14H18ClN3O3. The van der Waals surface area contributed by atoms with Crippen molar-refractivity contribution >= 4 is 23.2 Å². The van der Waals surface area contributed by atoms with Crippen LogP contribution in [-0.2, 0) is 0 Å². The lowest BCUT2D eigenvalue weighted by Gasteiger charge is -2.34. The van der Waals surface area contributed by atoms with Crippen LogP contribution in [-0.4, -0.2) is 34.9 Å². The average molecular weight is 312 g/mol. The fourth-order valence-corrected chi connectivity index (χ4v) is 2.84. The van der Waals surface area contributed by atoms with Gasteiger partial charge in [0, 0.05) is 41.9 Å². The van der Waals surface area contributed by atoms with Crippen LogP contribution in [0.2, 0.25) is 5.02 Å². The van der Waals surface area contributed by atoms with Gasteiger partial charge in [0.15, 0.2) is 0 Å². The van der Waals surface area contributed by atoms with Crippen LogP contribution in [0.3, 0.4) is 0 Å². The van der Waals surface area contributed by atoms with Crippen molar-refractivity contribution in [2.75, 3.05) is 13.1 Å². The summed E-state index contributed by atoms with van der Waals surface area (Å²) in [5, 5.41) is 11.0. The van der Waals surface area contributed by atoms with Crippen molar-refractivity contribution in [1.29, 1.82) is 0 Å². The summed E-state index contributed by atoms with van der Waals surface area (Å²) in [7, 11) is 0. The fourth-order valence-electron chi connectivity index (χ4n) is 2.61. The number of hydrogen-bond donors (Lipinski definition) is 1. The molecule has 2 unspecified atom stereocenters. The lowest BCUT2D eigenvalue weighted by atomic mass is 9.92. The van der Waals surface area contributed by atoms with Crippen molar-refractivity contribution in [1.82, 2.24) is 4.90 Å². The van der Waals surface area contributed by atoms with Gasteiger partial charge in [-0.15, -0.1) is 0 Å². The molecule has 0 spiro atoms. The molecule has 1 aromatic rings. The molecule has 0 aromatic heterocycles. The summed E-state index contributed by atoms with van der Waals surface area (Å²) in [4.78, 5) is 24.5. The molecule has 1 aliphatic rings. The molecule has 21 heavy (non-hydrogen) atoms. The van der Waals surface area contributed by atoms with Crippen molar-refractivity contribution in [3.8, 4) is 0 Å². The van der Waals surface area contributed by atoms with Crippen molar-refractivity contribution < 1.29 is 9.72 Å². The molecule has 0 saturated carbocycles. The molecule has 1 aliphatic heterocycles. The molecule has 2 rings (SSSR count). The molecule has 6 nitrogen and oxygen atoms in total. The fraction of sp³-hybridized carbons (Fsp3) is 0.500. The molecule has 1 aromatic carbocycles. The Bertz CT molecular complexity index is 562. The van der Waals surface area contributed by atoms with Crippen LogP contribution in [0.5, 0.6) is 0 Å². The minimum absolute atomic E-state index is 0.0225. The van der Waals surface area contributed by atoms with Crippen LogP contribution in [0.1, 0.15) is 30.1 Å². The van der Waals surface area contributed by atoms with Gasteiger partial charge in [-0.1, -0.05) is 11.6 Å². The average Bonchev–Trinajstić information content (AvgIpc) is 2.45. The van der Waals surface area contributed by atoms with Gasteiger partial charge in [-0.25, -0.2) is 0 Å². The highest BCUT2D eigenvalue weighted by atomic mass is 35.5. The van der Waals surface area contributed by atoms with Crippen LogP contribution < -0.4 is 5.73 Å². The summed E-state index contributed by atoms with van der Waals surface area (Å²) < 4.78 is 0. The Morgan fingerprint density at radius 2 is 2.24 bits per heavy atom. The zero-order valence-corrected chi connectivity index (χ0v) is 12.5. The van der Waals surface area contributed by atoms with Crippen LogP contribution in [0, 0.1) is 16.0 Å². The summed E-state index contributed by atoms with van der Waals surface area (Å²) in [5.74, 6) is 0.0304. The lowest BCUT2D eigenvalue weighted by molar-refractivity contribution is -0.384. The maximum Gasteiger partial charge on any atom is 0.271 e. The number of piperidine rings is 1. The van der Waals surface area contributed by atoms with Gasteiger partial charge in [0.05, 0.1) is 4.92 Å². The summed E-state index contributed by atoms with van der Waals surface area (Å²) in [6.45, 7) is 3.15. The molecule has 0 bridgehead atoms. The minimum Gasteiger partial charge on any atom is -0.338 e. The van der Waals surface area contributed by atoms with E-state index in [4.69, 9.17) is 17.3 Å². The van der Waals surface area contributed by atoms with Crippen LogP contribution >= 0.6 is 11.6 Å². The summed E-state index contributed by atoms with van der Waals surface area (Å²) in [5.41, 5.74) is 5.98. The second-order valence-electron chi connectivity index (χ2n) is 5.47. The first-order valence-corrected chi connectivity index (χ1v) is 7.26. The van der Waals surface area contributed by atoms with E-state index in [1.54, 1.807) is 4.90 Å². The SMILES string of the molecule is CC(N)C1CCCN(C(=O)c2cc(Cl)cc([N+](=O)[O-])c2)C1. The van der Waals surface area contributed by atoms with Crippen molar-refractivity contribution in [3.63, 3.8) is 0 Å². The van der Waals surface area contributed by atoms with Gasteiger partial charge < -0.3 is 10.6 Å². The molecular weight excluding hydrogens is 294 g/mol. The summed E-state index contributed by atoms with van der Waals surface area (Å²) >= 11 is 5.86. The quantitative estimate of drug-likeness (QED) is 0.686. The van der Waals surface area contributed by atoms with E-state index < -0.39 is 4.92 Å². The van der Waals surface area contributed by atoms with Crippen LogP contribution in [0.4, 0.5) is 5.69 Å². The van der Waals surface area contributed by atoms with Gasteiger partial charge in [0.25, 0.3) is 11.6 Å². The van der Waals surface area contributed by atoms with Crippen LogP contribution in [0.15, 0.2) is 18.2 Å². The highest BCUT2D eigenvalue weighted by molar-refractivity contribution is 6.31. The minimum atomic E-state index is -0.552. The van der Waals surface area contributed by atoms with Crippen molar-refractivity contribution in [2.45, 2.75) is 25.8 Å². The number of amides is 1. The number of carbonyl (C=O) groups excluding carboxylic acids is 1. The molecule has 1 fully saturated rings. The number of non-ortho nitro benzene ring substituents is 1. The predicted octanol–water partition coefficient (Wildman–Crippen LogP) is 2.45. The van der Waals surface area contributed by atoms with Gasteiger partial charge in [0.1, 0.15) is 0 Å². The second kappa shape index (κ2) is 6.41. The van der Waals surface area contributed by atoms with Crippen LogP contribution in [0.25, 0.3) is 0 Å². The van der Waals surface area contributed by atoms with Crippen molar-refractivity contribution in [2.24, 2.45) is 11.7 Å². The molecule has 0 aliphatic carbocycles. The number of nitrogens with two attached hydrogens (primary N) is 1.